The number of hydrogen-bond acceptors (Lipinski definition) is 2. The molecule has 0 rings (SSSR count). The summed E-state index contributed by atoms with van der Waals surface area (Å²) in [7, 11) is 0. The average molecular weight is 180 g/mol. The first kappa shape index (κ1) is 65.1. The fourth-order valence-corrected chi connectivity index (χ4v) is 0. The van der Waals surface area contributed by atoms with E-state index in [1.54, 1.807) is 0 Å². The Morgan fingerprint density at radius 3 is 0.533 bits per heavy atom. The van der Waals surface area contributed by atoms with E-state index in [1.807, 2.05) is 0 Å². The predicted octanol–water partition coefficient (Wildman–Crippen LogP) is -19.7. The zero-order valence-corrected chi connectivity index (χ0v) is 10.6. The fourth-order valence-electron chi connectivity index (χ4n) is 0. The molecule has 4 N–H and O–H groups in total. The van der Waals surface area contributed by atoms with Gasteiger partial charge < -0.3 is 30.4 Å². The molecule has 62 valence electrons. The van der Waals surface area contributed by atoms with E-state index in [1.165, 1.54) is 0 Å². The van der Waals surface area contributed by atoms with Crippen LogP contribution in [0.1, 0.15) is 9.99 Å². The second kappa shape index (κ2) is 54.3. The van der Waals surface area contributed by atoms with E-state index in [4.69, 9.17) is 30.0 Å². The molecule has 0 aliphatic carbocycles. The Kier molecular flexibility index (Phi) is 236. The molecule has 0 amide bonds. The monoisotopic (exact) mass is 180 g/mol. The number of carbonyl (C=O) groups is 2. The first-order valence-corrected chi connectivity index (χ1v) is 1.30. The van der Waals surface area contributed by atoms with E-state index in [0.717, 1.165) is 0 Å². The summed E-state index contributed by atoms with van der Waals surface area (Å²) in [6.45, 7) is 0. The van der Waals surface area contributed by atoms with Gasteiger partial charge in [0.05, 0.1) is 0 Å². The third-order valence-corrected chi connectivity index (χ3v) is 0. The van der Waals surface area contributed by atoms with E-state index >= 15 is 0 Å². The summed E-state index contributed by atoms with van der Waals surface area (Å²) in [5, 5.41) is 27.9. The Morgan fingerprint density at radius 2 is 0.533 bits per heavy atom. The molecular weight excluding hydrogens is 169 g/mol. The summed E-state index contributed by atoms with van der Waals surface area (Å²) in [6, 6.07) is 0. The second-order valence-corrected chi connectivity index (χ2v) is 0.565. The summed E-state index contributed by atoms with van der Waals surface area (Å²) in [6.07, 6.45) is -3.67. The summed E-state index contributed by atoms with van der Waals surface area (Å²) >= 11 is 0. The second-order valence-electron chi connectivity index (χ2n) is 0.565. The molecule has 0 saturated carbocycles. The average Bonchev–Trinajstić information content (AvgIpc) is 1.25. The fraction of sp³-hybridized carbons (Fsp3) is 0. The van der Waals surface area contributed by atoms with Crippen molar-refractivity contribution in [3.05, 3.63) is 0 Å². The summed E-state index contributed by atoms with van der Waals surface area (Å²) in [5.41, 5.74) is 0. The van der Waals surface area contributed by atoms with Crippen molar-refractivity contribution in [3.8, 4) is 0 Å². The third-order valence-electron chi connectivity index (χ3n) is 0. The first-order chi connectivity index (χ1) is 3.46. The Labute approximate surface area is 182 Å². The molecule has 15 heavy (non-hydrogen) atoms. The Hall–Kier alpha value is 2.72. The van der Waals surface area contributed by atoms with Gasteiger partial charge in [0.25, 0.3) is 0 Å². The molecule has 0 aliphatic rings. The number of rotatable bonds is 0. The molecule has 0 spiro atoms. The molecule has 13 heteroatoms. The molecule has 0 aliphatic heterocycles. The van der Waals surface area contributed by atoms with Gasteiger partial charge in [0.15, 0.2) is 0 Å². The van der Waals surface area contributed by atoms with Gasteiger partial charge >= 0.3 is 144 Å². The molecule has 0 radical (unpaired) electrons. The van der Waals surface area contributed by atoms with Gasteiger partial charge in [-0.1, -0.05) is 0 Å². The van der Waals surface area contributed by atoms with Crippen molar-refractivity contribution in [2.45, 2.75) is 0 Å². The Morgan fingerprint density at radius 1 is 0.533 bits per heavy atom. The van der Waals surface area contributed by atoms with E-state index in [2.05, 4.69) is 0 Å². The van der Waals surface area contributed by atoms with Gasteiger partial charge in [-0.15, -0.1) is 0 Å². The van der Waals surface area contributed by atoms with E-state index in [0.29, 0.717) is 0 Å². The van der Waals surface area contributed by atoms with Crippen LogP contribution in [-0.2, 0) is 0 Å². The van der Waals surface area contributed by atoms with Crippen molar-refractivity contribution < 1.29 is 172 Å². The molecule has 0 bridgehead atoms. The molecule has 0 fully saturated rings. The van der Waals surface area contributed by atoms with Crippen molar-refractivity contribution in [1.82, 2.24) is 0 Å². The Balaban J connectivity index is -0.00000000143. The van der Waals surface area contributed by atoms with Crippen LogP contribution in [0.4, 0.5) is 9.59 Å². The maximum absolute atomic E-state index is 8.56. The maximum Gasteiger partial charge on any atom is 1.00 e. The van der Waals surface area contributed by atoms with Crippen molar-refractivity contribution in [3.63, 3.8) is 0 Å². The number of carboxylic acid groups (broad SMARTS) is 4. The summed E-state index contributed by atoms with van der Waals surface area (Å²) in [5.74, 6) is 0. The van der Waals surface area contributed by atoms with Gasteiger partial charge in [0.2, 0.25) is 0 Å². The van der Waals surface area contributed by atoms with Gasteiger partial charge in [-0.25, -0.2) is 9.59 Å². The predicted molar refractivity (Wildman–Crippen MR) is 29.1 cm³/mol. The van der Waals surface area contributed by atoms with Crippen LogP contribution in [0.5, 0.6) is 0 Å². The van der Waals surface area contributed by atoms with Gasteiger partial charge in [-0.2, -0.15) is 0 Å². The number of hydrogen-bond donors (Lipinski definition) is 4. The first-order valence-electron chi connectivity index (χ1n) is 1.30. The van der Waals surface area contributed by atoms with Crippen LogP contribution < -0.4 is 132 Å². The van der Waals surface area contributed by atoms with Crippen molar-refractivity contribution >= 4 is 12.3 Å². The van der Waals surface area contributed by atoms with Crippen LogP contribution >= 0.6 is 0 Å². The van der Waals surface area contributed by atoms with Gasteiger partial charge in [0, 0.05) is 0 Å². The summed E-state index contributed by atoms with van der Waals surface area (Å²) in [4.78, 5) is 17.1. The van der Waals surface area contributed by atoms with Gasteiger partial charge in [0.1, 0.15) is 0 Å². The molecule has 0 atom stereocenters. The summed E-state index contributed by atoms with van der Waals surface area (Å²) < 4.78 is 0. The topological polar surface area (TPSA) is 115 Å². The zero-order chi connectivity index (χ0) is 7.15. The molecule has 0 heterocycles. The zero-order valence-electron chi connectivity index (χ0n) is 17.6. The van der Waals surface area contributed by atoms with Crippen LogP contribution in [0.3, 0.4) is 0 Å². The van der Waals surface area contributed by atoms with Crippen molar-refractivity contribution in [2.75, 3.05) is 0 Å². The standard InChI is InChI=1S/2CH2O3.7Li.7H/c2*2-1(3)4;;;;;;;;;;;;;;/h2*(H2,2,3,4);;;;;;;;;;;;;;/q;;7*+1;7*-1. The van der Waals surface area contributed by atoms with E-state index in [-0.39, 0.29) is 142 Å². The van der Waals surface area contributed by atoms with Crippen LogP contribution in [0.25, 0.3) is 0 Å². The minimum Gasteiger partial charge on any atom is -1.00 e. The normalized spacial score (nSPS) is 3.20. The SMILES string of the molecule is O=C(O)O.O=C(O)O.[H-].[H-].[H-].[H-].[H-].[H-].[H-].[Li+].[Li+].[Li+].[Li+].[Li+].[Li+].[Li+]. The molecule has 0 aromatic carbocycles. The van der Waals surface area contributed by atoms with Gasteiger partial charge in [-0.05, 0) is 0 Å². The molecular formula is C2H11Li7O6. The van der Waals surface area contributed by atoms with Crippen LogP contribution in [-0.4, -0.2) is 32.7 Å². The molecule has 0 aromatic heterocycles. The quantitative estimate of drug-likeness (QED) is 0.275. The van der Waals surface area contributed by atoms with Crippen LogP contribution in [0, 0.1) is 0 Å². The Bertz CT molecular complexity index is 99.3. The molecule has 0 aromatic rings. The van der Waals surface area contributed by atoms with Gasteiger partial charge in [-0.3, -0.25) is 0 Å². The maximum atomic E-state index is 8.56. The molecule has 6 nitrogen and oxygen atoms in total. The molecule has 0 saturated heterocycles. The van der Waals surface area contributed by atoms with Crippen LogP contribution in [0.2, 0.25) is 0 Å². The minimum atomic E-state index is -1.83. The van der Waals surface area contributed by atoms with Crippen molar-refractivity contribution in [2.24, 2.45) is 0 Å². The molecule has 0 unspecified atom stereocenters. The largest absolute Gasteiger partial charge is 1.00 e. The van der Waals surface area contributed by atoms with Crippen molar-refractivity contribution in [1.29, 1.82) is 0 Å². The van der Waals surface area contributed by atoms with Crippen LogP contribution in [0.15, 0.2) is 0 Å². The third kappa shape index (κ3) is 489. The smallest absolute Gasteiger partial charge is 1.00 e. The van der Waals surface area contributed by atoms with E-state index in [9.17, 15) is 0 Å². The minimum absolute atomic E-state index is 0. The van der Waals surface area contributed by atoms with E-state index < -0.39 is 12.3 Å².